The SMILES string of the molecule is CCC1(CCCCCc2cc(O)cc(CCCCCC3(I)CC3)c2O)CC1. The molecule has 2 nitrogen and oxygen atoms in total. The number of alkyl halides is 1. The fraction of sp³-hybridized carbons (Fsp3) is 0.750. The minimum Gasteiger partial charge on any atom is -0.508 e. The average Bonchev–Trinajstić information content (AvgIpc) is 3.56. The summed E-state index contributed by atoms with van der Waals surface area (Å²) in [4.78, 5) is 0. The van der Waals surface area contributed by atoms with Crippen molar-refractivity contribution in [3.05, 3.63) is 23.3 Å². The van der Waals surface area contributed by atoms with Gasteiger partial charge in [0.05, 0.1) is 0 Å². The smallest absolute Gasteiger partial charge is 0.122 e. The molecule has 2 aliphatic rings. The molecule has 152 valence electrons. The van der Waals surface area contributed by atoms with Gasteiger partial charge in [-0.05, 0) is 92.9 Å². The van der Waals surface area contributed by atoms with Crippen LogP contribution in [0.3, 0.4) is 0 Å². The lowest BCUT2D eigenvalue weighted by molar-refractivity contribution is 0.419. The zero-order valence-corrected chi connectivity index (χ0v) is 19.2. The molecule has 1 aromatic carbocycles. The Morgan fingerprint density at radius 2 is 1.37 bits per heavy atom. The van der Waals surface area contributed by atoms with Crippen LogP contribution in [0.1, 0.15) is 102 Å². The van der Waals surface area contributed by atoms with E-state index in [1.54, 1.807) is 12.1 Å². The van der Waals surface area contributed by atoms with Crippen molar-refractivity contribution in [1.29, 1.82) is 0 Å². The van der Waals surface area contributed by atoms with Gasteiger partial charge in [0.2, 0.25) is 0 Å². The molecule has 2 saturated carbocycles. The van der Waals surface area contributed by atoms with E-state index >= 15 is 0 Å². The van der Waals surface area contributed by atoms with Crippen LogP contribution in [0.2, 0.25) is 0 Å². The molecule has 0 heterocycles. The highest BCUT2D eigenvalue weighted by Crippen LogP contribution is 2.52. The molecule has 1 aromatic rings. The monoisotopic (exact) mass is 484 g/mol. The predicted octanol–water partition coefficient (Wildman–Crippen LogP) is 7.46. The van der Waals surface area contributed by atoms with E-state index in [2.05, 4.69) is 29.5 Å². The van der Waals surface area contributed by atoms with E-state index in [1.165, 1.54) is 70.6 Å². The molecule has 0 atom stereocenters. The molecule has 2 N–H and O–H groups in total. The normalized spacial score (nSPS) is 19.2. The summed E-state index contributed by atoms with van der Waals surface area (Å²) in [6.45, 7) is 2.32. The summed E-state index contributed by atoms with van der Waals surface area (Å²) >= 11 is 2.62. The zero-order chi connectivity index (χ0) is 19.3. The molecule has 0 unspecified atom stereocenters. The standard InChI is InChI=1S/C24H37IO2/c1-2-23(13-14-23)11-7-3-5-9-19-17-21(26)18-20(22(19)27)10-6-4-8-12-24(25)15-16-24/h17-18,26-27H,2-16H2,1H3. The fourth-order valence-electron chi connectivity index (χ4n) is 4.39. The first-order chi connectivity index (χ1) is 13.0. The van der Waals surface area contributed by atoms with E-state index in [4.69, 9.17) is 0 Å². The van der Waals surface area contributed by atoms with Crippen molar-refractivity contribution < 1.29 is 10.2 Å². The Morgan fingerprint density at radius 3 is 1.85 bits per heavy atom. The van der Waals surface area contributed by atoms with Crippen LogP contribution in [0.15, 0.2) is 12.1 Å². The van der Waals surface area contributed by atoms with Gasteiger partial charge in [0.25, 0.3) is 0 Å². The Labute approximate surface area is 179 Å². The van der Waals surface area contributed by atoms with Crippen LogP contribution >= 0.6 is 22.6 Å². The summed E-state index contributed by atoms with van der Waals surface area (Å²) in [6, 6.07) is 3.53. The number of aryl methyl sites for hydroxylation is 2. The first-order valence-corrected chi connectivity index (χ1v) is 12.3. The van der Waals surface area contributed by atoms with Gasteiger partial charge in [0, 0.05) is 3.42 Å². The Bertz CT molecular complexity index is 617. The molecule has 2 fully saturated rings. The zero-order valence-electron chi connectivity index (χ0n) is 17.0. The van der Waals surface area contributed by atoms with Gasteiger partial charge < -0.3 is 10.2 Å². The van der Waals surface area contributed by atoms with E-state index in [0.717, 1.165) is 36.8 Å². The maximum atomic E-state index is 10.6. The molecular formula is C24H37IO2. The largest absolute Gasteiger partial charge is 0.508 e. The van der Waals surface area contributed by atoms with Crippen molar-refractivity contribution in [3.63, 3.8) is 0 Å². The lowest BCUT2D eigenvalue weighted by Gasteiger charge is -2.13. The van der Waals surface area contributed by atoms with Crippen molar-refractivity contribution in [2.45, 2.75) is 107 Å². The molecule has 0 radical (unpaired) electrons. The van der Waals surface area contributed by atoms with E-state index in [-0.39, 0.29) is 0 Å². The van der Waals surface area contributed by atoms with Crippen molar-refractivity contribution >= 4 is 22.6 Å². The van der Waals surface area contributed by atoms with E-state index in [0.29, 0.717) is 20.3 Å². The Hall–Kier alpha value is -0.450. The van der Waals surface area contributed by atoms with Crippen LogP contribution in [-0.4, -0.2) is 13.6 Å². The van der Waals surface area contributed by atoms with Crippen LogP contribution < -0.4 is 0 Å². The number of hydrogen-bond acceptors (Lipinski definition) is 2. The van der Waals surface area contributed by atoms with E-state index in [9.17, 15) is 10.2 Å². The Kier molecular flexibility index (Phi) is 7.38. The van der Waals surface area contributed by atoms with Crippen LogP contribution in [0.25, 0.3) is 0 Å². The first-order valence-electron chi connectivity index (χ1n) is 11.2. The molecule has 0 bridgehead atoms. The molecular weight excluding hydrogens is 447 g/mol. The first kappa shape index (κ1) is 21.3. The third-order valence-corrected chi connectivity index (χ3v) is 8.59. The summed E-state index contributed by atoms with van der Waals surface area (Å²) < 4.78 is 0.619. The third-order valence-electron chi connectivity index (χ3n) is 6.98. The van der Waals surface area contributed by atoms with Gasteiger partial charge in [-0.2, -0.15) is 0 Å². The number of phenolic OH excluding ortho intramolecular Hbond substituents is 2. The summed E-state index contributed by atoms with van der Waals surface area (Å²) in [6.07, 6.45) is 18.7. The molecule has 3 rings (SSSR count). The number of hydrogen-bond donors (Lipinski definition) is 2. The summed E-state index contributed by atoms with van der Waals surface area (Å²) in [5, 5.41) is 20.7. The van der Waals surface area contributed by atoms with Gasteiger partial charge in [-0.3, -0.25) is 0 Å². The van der Waals surface area contributed by atoms with Crippen molar-refractivity contribution in [3.8, 4) is 11.5 Å². The second-order valence-corrected chi connectivity index (χ2v) is 11.5. The fourth-order valence-corrected chi connectivity index (χ4v) is 5.04. The highest BCUT2D eigenvalue weighted by molar-refractivity contribution is 14.1. The predicted molar refractivity (Wildman–Crippen MR) is 122 cm³/mol. The van der Waals surface area contributed by atoms with Crippen LogP contribution in [0.4, 0.5) is 0 Å². The summed E-state index contributed by atoms with van der Waals surface area (Å²) in [7, 11) is 0. The van der Waals surface area contributed by atoms with Crippen molar-refractivity contribution in [1.82, 2.24) is 0 Å². The van der Waals surface area contributed by atoms with Crippen molar-refractivity contribution in [2.75, 3.05) is 0 Å². The second kappa shape index (κ2) is 9.37. The second-order valence-electron chi connectivity index (χ2n) is 9.24. The number of benzene rings is 1. The maximum absolute atomic E-state index is 10.6. The molecule has 2 aliphatic carbocycles. The number of unbranched alkanes of at least 4 members (excludes halogenated alkanes) is 4. The van der Waals surface area contributed by atoms with Crippen LogP contribution in [0, 0.1) is 5.41 Å². The molecule has 3 heteroatoms. The Morgan fingerprint density at radius 1 is 0.815 bits per heavy atom. The third kappa shape index (κ3) is 6.54. The quantitative estimate of drug-likeness (QED) is 0.132. The topological polar surface area (TPSA) is 40.5 Å². The van der Waals surface area contributed by atoms with Gasteiger partial charge >= 0.3 is 0 Å². The highest BCUT2D eigenvalue weighted by atomic mass is 127. The summed E-state index contributed by atoms with van der Waals surface area (Å²) in [5.74, 6) is 0.748. The molecule has 27 heavy (non-hydrogen) atoms. The Balaban J connectivity index is 1.39. The number of phenols is 2. The van der Waals surface area contributed by atoms with Gasteiger partial charge in [0.1, 0.15) is 11.5 Å². The number of aromatic hydroxyl groups is 2. The summed E-state index contributed by atoms with van der Waals surface area (Å²) in [5.41, 5.74) is 2.56. The average molecular weight is 484 g/mol. The minimum atomic E-state index is 0.310. The van der Waals surface area contributed by atoms with E-state index in [1.807, 2.05) is 0 Å². The van der Waals surface area contributed by atoms with Crippen molar-refractivity contribution in [2.24, 2.45) is 5.41 Å². The van der Waals surface area contributed by atoms with Crippen LogP contribution in [0.5, 0.6) is 11.5 Å². The van der Waals surface area contributed by atoms with E-state index < -0.39 is 0 Å². The minimum absolute atomic E-state index is 0.310. The molecule has 0 spiro atoms. The van der Waals surface area contributed by atoms with Gasteiger partial charge in [-0.1, -0.05) is 61.6 Å². The maximum Gasteiger partial charge on any atom is 0.122 e. The van der Waals surface area contributed by atoms with Gasteiger partial charge in [-0.25, -0.2) is 0 Å². The lowest BCUT2D eigenvalue weighted by atomic mass is 9.94. The molecule has 0 aliphatic heterocycles. The van der Waals surface area contributed by atoms with Gasteiger partial charge in [0.15, 0.2) is 0 Å². The molecule has 0 amide bonds. The van der Waals surface area contributed by atoms with Gasteiger partial charge in [-0.15, -0.1) is 0 Å². The number of rotatable bonds is 13. The molecule has 0 aromatic heterocycles. The number of halogens is 1. The highest BCUT2D eigenvalue weighted by Gasteiger charge is 2.39. The molecule has 0 saturated heterocycles. The lowest BCUT2D eigenvalue weighted by Crippen LogP contribution is -1.98. The van der Waals surface area contributed by atoms with Crippen LogP contribution in [-0.2, 0) is 12.8 Å².